The number of fused-ring (bicyclic) bond motifs is 14. The van der Waals surface area contributed by atoms with Crippen molar-refractivity contribution in [1.82, 2.24) is 4.57 Å². The van der Waals surface area contributed by atoms with Crippen LogP contribution in [0.2, 0.25) is 0 Å². The molecule has 2 aliphatic rings. The van der Waals surface area contributed by atoms with E-state index in [4.69, 9.17) is 8.83 Å². The number of aromatic nitrogens is 1. The average Bonchev–Trinajstić information content (AvgIpc) is 3.91. The molecule has 3 aromatic heterocycles. The Labute approximate surface area is 285 Å². The molecule has 232 valence electrons. The summed E-state index contributed by atoms with van der Waals surface area (Å²) in [5, 5.41) is 26.0. The number of furan rings is 2. The lowest BCUT2D eigenvalue weighted by atomic mass is 9.85. The van der Waals surface area contributed by atoms with Gasteiger partial charge in [0.25, 0.3) is 0 Å². The summed E-state index contributed by atoms with van der Waals surface area (Å²) >= 11 is 0. The Kier molecular flexibility index (Phi) is 5.27. The summed E-state index contributed by atoms with van der Waals surface area (Å²) in [6.45, 7) is 0. The Bertz CT molecular complexity index is 3050. The highest BCUT2D eigenvalue weighted by molar-refractivity contribution is 6.24. The fourth-order valence-corrected chi connectivity index (χ4v) is 8.56. The van der Waals surface area contributed by atoms with Crippen LogP contribution >= 0.6 is 0 Å². The SMILES string of the molecule is N#Cc1cc(N2c3ccccc3C3c4oc5ccccc5c4C=CC32)c(-n2c3ccccc3c3c4oc5ccccc5c4ccc32)cc1C#N. The molecule has 6 nitrogen and oxygen atoms in total. The summed E-state index contributed by atoms with van der Waals surface area (Å²) in [6, 6.07) is 45.6. The van der Waals surface area contributed by atoms with Gasteiger partial charge in [-0.3, -0.25) is 0 Å². The molecule has 0 N–H and O–H groups in total. The van der Waals surface area contributed by atoms with Crippen LogP contribution in [0.25, 0.3) is 66.5 Å². The zero-order valence-electron chi connectivity index (χ0n) is 26.5. The highest BCUT2D eigenvalue weighted by Gasteiger charge is 2.44. The van der Waals surface area contributed by atoms with E-state index in [2.05, 4.69) is 94.4 Å². The lowest BCUT2D eigenvalue weighted by Crippen LogP contribution is -2.31. The molecule has 11 rings (SSSR count). The Morgan fingerprint density at radius 1 is 0.580 bits per heavy atom. The van der Waals surface area contributed by atoms with Gasteiger partial charge >= 0.3 is 0 Å². The second kappa shape index (κ2) is 9.76. The molecule has 0 bridgehead atoms. The van der Waals surface area contributed by atoms with E-state index in [9.17, 15) is 10.5 Å². The second-order valence-electron chi connectivity index (χ2n) is 13.0. The van der Waals surface area contributed by atoms with Crippen LogP contribution in [0, 0.1) is 22.7 Å². The minimum Gasteiger partial charge on any atom is -0.460 e. The highest BCUT2D eigenvalue weighted by atomic mass is 16.3. The fraction of sp³-hybridized carbons (Fsp3) is 0.0455. The predicted octanol–water partition coefficient (Wildman–Crippen LogP) is 10.9. The number of nitrogens with zero attached hydrogens (tertiary/aromatic N) is 4. The quantitative estimate of drug-likeness (QED) is 0.188. The van der Waals surface area contributed by atoms with Crippen LogP contribution in [0.3, 0.4) is 0 Å². The summed E-state index contributed by atoms with van der Waals surface area (Å²) < 4.78 is 15.4. The summed E-state index contributed by atoms with van der Waals surface area (Å²) in [6.07, 6.45) is 4.43. The van der Waals surface area contributed by atoms with E-state index in [-0.39, 0.29) is 12.0 Å². The van der Waals surface area contributed by atoms with Crippen molar-refractivity contribution in [3.05, 3.63) is 155 Å². The van der Waals surface area contributed by atoms with Crippen molar-refractivity contribution in [2.45, 2.75) is 12.0 Å². The Morgan fingerprint density at radius 2 is 1.26 bits per heavy atom. The normalized spacial score (nSPS) is 16.2. The van der Waals surface area contributed by atoms with Gasteiger partial charge in [0.15, 0.2) is 0 Å². The Hall–Kier alpha value is -7.02. The van der Waals surface area contributed by atoms with Crippen molar-refractivity contribution in [3.8, 4) is 17.8 Å². The zero-order valence-corrected chi connectivity index (χ0v) is 26.5. The topological polar surface area (TPSA) is 82.0 Å². The summed E-state index contributed by atoms with van der Waals surface area (Å²) in [5.74, 6) is 0.870. The number of nitriles is 2. The number of anilines is 2. The minimum absolute atomic E-state index is 0.0686. The molecule has 1 aliphatic heterocycles. The fourth-order valence-electron chi connectivity index (χ4n) is 8.56. The highest BCUT2D eigenvalue weighted by Crippen LogP contribution is 2.54. The number of hydrogen-bond acceptors (Lipinski definition) is 5. The molecule has 2 unspecified atom stereocenters. The molecule has 0 radical (unpaired) electrons. The maximum Gasteiger partial charge on any atom is 0.145 e. The molecule has 0 fully saturated rings. The third-order valence-corrected chi connectivity index (χ3v) is 10.6. The van der Waals surface area contributed by atoms with Crippen molar-refractivity contribution in [3.63, 3.8) is 0 Å². The second-order valence-corrected chi connectivity index (χ2v) is 13.0. The van der Waals surface area contributed by atoms with Crippen molar-refractivity contribution in [2.75, 3.05) is 4.90 Å². The molecule has 0 saturated carbocycles. The number of para-hydroxylation sites is 4. The Morgan fingerprint density at radius 3 is 2.08 bits per heavy atom. The van der Waals surface area contributed by atoms with Gasteiger partial charge in [0.2, 0.25) is 0 Å². The molecule has 2 atom stereocenters. The first-order valence-electron chi connectivity index (χ1n) is 16.6. The molecule has 9 aromatic rings. The van der Waals surface area contributed by atoms with Crippen LogP contribution in [-0.4, -0.2) is 10.6 Å². The molecule has 1 aliphatic carbocycles. The Balaban J connectivity index is 1.23. The molecule has 0 amide bonds. The van der Waals surface area contributed by atoms with Gasteiger partial charge in [0.05, 0.1) is 50.9 Å². The largest absolute Gasteiger partial charge is 0.460 e. The summed E-state index contributed by atoms with van der Waals surface area (Å²) in [4.78, 5) is 2.32. The lowest BCUT2D eigenvalue weighted by Gasteiger charge is -2.32. The standard InChI is InChI=1S/C44H24N4O2/c45-23-25-21-37(47-33-13-5-1-11-31(33)41-35(47)19-17-29-27-9-3-7-15-39(27)49-43(29)41)38(22-26(25)24-46)48-34-14-6-2-12-32(34)42-36(48)20-18-30-28-10-4-8-16-40(28)50-44(30)42/h1-22,35,41H. The maximum atomic E-state index is 10.3. The van der Waals surface area contributed by atoms with Crippen LogP contribution in [0.1, 0.15) is 33.9 Å². The van der Waals surface area contributed by atoms with Gasteiger partial charge in [-0.05, 0) is 54.1 Å². The molecule has 0 spiro atoms. The molecule has 4 heterocycles. The van der Waals surface area contributed by atoms with Crippen LogP contribution < -0.4 is 4.90 Å². The first kappa shape index (κ1) is 27.0. The van der Waals surface area contributed by atoms with Gasteiger partial charge in [-0.15, -0.1) is 0 Å². The van der Waals surface area contributed by atoms with Crippen LogP contribution in [0.5, 0.6) is 0 Å². The van der Waals surface area contributed by atoms with Crippen LogP contribution in [-0.2, 0) is 0 Å². The monoisotopic (exact) mass is 640 g/mol. The average molecular weight is 641 g/mol. The smallest absolute Gasteiger partial charge is 0.145 e. The van der Waals surface area contributed by atoms with Gasteiger partial charge in [0.1, 0.15) is 34.6 Å². The molecule has 0 saturated heterocycles. The molecule has 6 aromatic carbocycles. The summed E-state index contributed by atoms with van der Waals surface area (Å²) in [7, 11) is 0. The first-order chi connectivity index (χ1) is 24.7. The predicted molar refractivity (Wildman–Crippen MR) is 197 cm³/mol. The van der Waals surface area contributed by atoms with Gasteiger partial charge in [-0.25, -0.2) is 0 Å². The molecular weight excluding hydrogens is 617 g/mol. The summed E-state index contributed by atoms with van der Waals surface area (Å²) in [5.41, 5.74) is 10.1. The van der Waals surface area contributed by atoms with E-state index in [0.717, 1.165) is 88.7 Å². The number of hydrogen-bond donors (Lipinski definition) is 0. The zero-order chi connectivity index (χ0) is 33.1. The van der Waals surface area contributed by atoms with E-state index >= 15 is 0 Å². The minimum atomic E-state index is -0.131. The van der Waals surface area contributed by atoms with Crippen molar-refractivity contribution >= 4 is 72.2 Å². The third-order valence-electron chi connectivity index (χ3n) is 10.6. The van der Waals surface area contributed by atoms with Crippen molar-refractivity contribution in [1.29, 1.82) is 10.5 Å². The number of benzene rings is 6. The van der Waals surface area contributed by atoms with Gasteiger partial charge in [0, 0.05) is 32.8 Å². The lowest BCUT2D eigenvalue weighted by molar-refractivity contribution is 0.505. The van der Waals surface area contributed by atoms with Gasteiger partial charge < -0.3 is 18.3 Å². The third kappa shape index (κ3) is 3.39. The number of rotatable bonds is 2. The van der Waals surface area contributed by atoms with E-state index in [1.807, 2.05) is 60.7 Å². The van der Waals surface area contributed by atoms with Gasteiger partial charge in [-0.2, -0.15) is 10.5 Å². The first-order valence-corrected chi connectivity index (χ1v) is 16.6. The van der Waals surface area contributed by atoms with Gasteiger partial charge in [-0.1, -0.05) is 84.9 Å². The molecular formula is C44H24N4O2. The van der Waals surface area contributed by atoms with Crippen LogP contribution in [0.15, 0.2) is 136 Å². The van der Waals surface area contributed by atoms with E-state index in [0.29, 0.717) is 11.1 Å². The van der Waals surface area contributed by atoms with E-state index < -0.39 is 0 Å². The molecule has 6 heteroatoms. The molecule has 50 heavy (non-hydrogen) atoms. The van der Waals surface area contributed by atoms with Crippen LogP contribution in [0.4, 0.5) is 11.4 Å². The van der Waals surface area contributed by atoms with E-state index in [1.54, 1.807) is 0 Å². The van der Waals surface area contributed by atoms with E-state index in [1.165, 1.54) is 0 Å². The van der Waals surface area contributed by atoms with Crippen molar-refractivity contribution in [2.24, 2.45) is 0 Å². The maximum absolute atomic E-state index is 10.3. The van der Waals surface area contributed by atoms with Crippen molar-refractivity contribution < 1.29 is 8.83 Å².